The third kappa shape index (κ3) is 2.84. The molecule has 0 spiro atoms. The van der Waals surface area contributed by atoms with Gasteiger partial charge in [0.2, 0.25) is 0 Å². The Morgan fingerprint density at radius 2 is 1.78 bits per heavy atom. The van der Waals surface area contributed by atoms with Crippen LogP contribution in [0.5, 0.6) is 0 Å². The largest absolute Gasteiger partial charge is 0.361 e. The predicted octanol–water partition coefficient (Wildman–Crippen LogP) is 4.74. The third-order valence-corrected chi connectivity index (χ3v) is 6.12. The molecule has 0 radical (unpaired) electrons. The molecule has 0 aliphatic heterocycles. The minimum absolute atomic E-state index is 0.0499. The fraction of sp³-hybridized carbons (Fsp3) is 0.115. The number of pyridine rings is 1. The summed E-state index contributed by atoms with van der Waals surface area (Å²) in [4.78, 5) is 21.2. The number of aromatic amines is 1. The second kappa shape index (κ2) is 7.20. The average molecular weight is 419 g/mol. The molecule has 6 heteroatoms. The molecule has 0 aliphatic rings. The Morgan fingerprint density at radius 3 is 2.66 bits per heavy atom. The summed E-state index contributed by atoms with van der Waals surface area (Å²) >= 11 is 0. The van der Waals surface area contributed by atoms with E-state index in [9.17, 15) is 4.79 Å². The van der Waals surface area contributed by atoms with Crippen molar-refractivity contribution in [3.63, 3.8) is 0 Å². The summed E-state index contributed by atoms with van der Waals surface area (Å²) in [6, 6.07) is 20.3. The quantitative estimate of drug-likeness (QED) is 0.449. The van der Waals surface area contributed by atoms with Crippen LogP contribution >= 0.6 is 0 Å². The maximum Gasteiger partial charge on any atom is 0.261 e. The molecule has 0 amide bonds. The van der Waals surface area contributed by atoms with Gasteiger partial charge < -0.3 is 9.55 Å². The Balaban J connectivity index is 1.41. The van der Waals surface area contributed by atoms with Crippen LogP contribution < -0.4 is 5.56 Å². The van der Waals surface area contributed by atoms with Gasteiger partial charge in [0, 0.05) is 41.6 Å². The first kappa shape index (κ1) is 18.6. The van der Waals surface area contributed by atoms with E-state index < -0.39 is 0 Å². The van der Waals surface area contributed by atoms with Crippen molar-refractivity contribution >= 4 is 27.5 Å². The molecule has 6 nitrogen and oxygen atoms in total. The van der Waals surface area contributed by atoms with Crippen LogP contribution in [0.3, 0.4) is 0 Å². The van der Waals surface area contributed by atoms with E-state index in [4.69, 9.17) is 5.10 Å². The fourth-order valence-corrected chi connectivity index (χ4v) is 4.51. The number of fused-ring (bicyclic) bond motifs is 4. The van der Waals surface area contributed by atoms with Gasteiger partial charge in [-0.15, -0.1) is 0 Å². The van der Waals surface area contributed by atoms with E-state index in [-0.39, 0.29) is 5.56 Å². The molecule has 6 rings (SSSR count). The first-order valence-electron chi connectivity index (χ1n) is 10.7. The van der Waals surface area contributed by atoms with Gasteiger partial charge in [0.05, 0.1) is 16.6 Å². The van der Waals surface area contributed by atoms with Gasteiger partial charge >= 0.3 is 0 Å². The summed E-state index contributed by atoms with van der Waals surface area (Å²) in [7, 11) is 0. The zero-order valence-corrected chi connectivity index (χ0v) is 17.6. The molecule has 0 atom stereocenters. The number of H-pyrrole nitrogens is 1. The van der Waals surface area contributed by atoms with Crippen LogP contribution in [0.1, 0.15) is 11.3 Å². The SMILES string of the molecule is Cc1nn2c(ncc3c(=O)n(CCc4c[nH]c5ccccc45)ccc32)c1-c1ccccc1. The number of hydrogen-bond donors (Lipinski definition) is 1. The predicted molar refractivity (Wildman–Crippen MR) is 127 cm³/mol. The highest BCUT2D eigenvalue weighted by Gasteiger charge is 2.16. The zero-order chi connectivity index (χ0) is 21.7. The van der Waals surface area contributed by atoms with E-state index in [0.29, 0.717) is 11.9 Å². The molecule has 0 fully saturated rings. The van der Waals surface area contributed by atoms with Gasteiger partial charge in [-0.05, 0) is 36.6 Å². The number of nitrogens with one attached hydrogen (secondary N) is 1. The summed E-state index contributed by atoms with van der Waals surface area (Å²) in [5.74, 6) is 0. The number of benzene rings is 2. The first-order valence-corrected chi connectivity index (χ1v) is 10.7. The average Bonchev–Trinajstić information content (AvgIpc) is 3.39. The third-order valence-electron chi connectivity index (χ3n) is 6.12. The number of hydrogen-bond acceptors (Lipinski definition) is 3. The van der Waals surface area contributed by atoms with Gasteiger partial charge in [0.15, 0.2) is 5.65 Å². The van der Waals surface area contributed by atoms with Gasteiger partial charge in [-0.3, -0.25) is 4.79 Å². The van der Waals surface area contributed by atoms with Crippen LogP contribution in [-0.2, 0) is 13.0 Å². The molecule has 1 N–H and O–H groups in total. The van der Waals surface area contributed by atoms with E-state index >= 15 is 0 Å². The van der Waals surface area contributed by atoms with E-state index in [1.165, 1.54) is 10.9 Å². The van der Waals surface area contributed by atoms with E-state index in [1.807, 2.05) is 55.7 Å². The summed E-state index contributed by atoms with van der Waals surface area (Å²) in [6.07, 6.45) is 6.34. The molecule has 0 bridgehead atoms. The van der Waals surface area contributed by atoms with E-state index in [0.717, 1.165) is 39.9 Å². The van der Waals surface area contributed by atoms with Crippen molar-refractivity contribution in [2.45, 2.75) is 19.9 Å². The lowest BCUT2D eigenvalue weighted by molar-refractivity contribution is 0.676. The highest BCUT2D eigenvalue weighted by Crippen LogP contribution is 2.28. The van der Waals surface area contributed by atoms with Crippen LogP contribution in [0.15, 0.2) is 84.0 Å². The molecule has 0 saturated carbocycles. The lowest BCUT2D eigenvalue weighted by Crippen LogP contribution is -2.21. The number of rotatable bonds is 4. The van der Waals surface area contributed by atoms with Crippen molar-refractivity contribution in [3.05, 3.63) is 101 Å². The highest BCUT2D eigenvalue weighted by atomic mass is 16.1. The minimum Gasteiger partial charge on any atom is -0.361 e. The normalized spacial score (nSPS) is 11.7. The van der Waals surface area contributed by atoms with Crippen molar-refractivity contribution in [1.29, 1.82) is 0 Å². The lowest BCUT2D eigenvalue weighted by atomic mass is 10.1. The molecule has 4 heterocycles. The van der Waals surface area contributed by atoms with Crippen molar-refractivity contribution in [1.82, 2.24) is 24.1 Å². The van der Waals surface area contributed by atoms with E-state index in [2.05, 4.69) is 34.2 Å². The van der Waals surface area contributed by atoms with Crippen LogP contribution in [0.25, 0.3) is 38.6 Å². The van der Waals surface area contributed by atoms with E-state index in [1.54, 1.807) is 15.3 Å². The van der Waals surface area contributed by atoms with Gasteiger partial charge in [0.1, 0.15) is 0 Å². The lowest BCUT2D eigenvalue weighted by Gasteiger charge is -2.08. The summed E-state index contributed by atoms with van der Waals surface area (Å²) in [5.41, 5.74) is 6.76. The molecule has 32 heavy (non-hydrogen) atoms. The van der Waals surface area contributed by atoms with Crippen molar-refractivity contribution in [3.8, 4) is 11.1 Å². The Kier molecular flexibility index (Phi) is 4.18. The van der Waals surface area contributed by atoms with Crippen LogP contribution in [-0.4, -0.2) is 24.1 Å². The Bertz CT molecular complexity index is 1660. The molecule has 2 aromatic carbocycles. The summed E-state index contributed by atoms with van der Waals surface area (Å²) in [5, 5.41) is 6.48. The molecule has 4 aromatic heterocycles. The maximum absolute atomic E-state index is 13.2. The standard InChI is InChI=1S/C26H21N5O/c1-17-24(18-7-3-2-4-8-18)25-28-16-21-23(31(25)29-17)12-14-30(26(21)32)13-11-19-15-27-22-10-6-5-9-20(19)22/h2-10,12,14-16,27H,11,13H2,1H3. The van der Waals surface area contributed by atoms with Crippen LogP contribution in [0.2, 0.25) is 0 Å². The maximum atomic E-state index is 13.2. The summed E-state index contributed by atoms with van der Waals surface area (Å²) in [6.45, 7) is 2.58. The van der Waals surface area contributed by atoms with Gasteiger partial charge in [0.25, 0.3) is 5.56 Å². The number of aryl methyl sites for hydroxylation is 3. The molecular weight excluding hydrogens is 398 g/mol. The van der Waals surface area contributed by atoms with Crippen molar-refractivity contribution in [2.24, 2.45) is 0 Å². The zero-order valence-electron chi connectivity index (χ0n) is 17.6. The van der Waals surface area contributed by atoms with Crippen molar-refractivity contribution < 1.29 is 0 Å². The van der Waals surface area contributed by atoms with Gasteiger partial charge in [-0.25, -0.2) is 9.50 Å². The number of nitrogens with zero attached hydrogens (tertiary/aromatic N) is 4. The number of aromatic nitrogens is 5. The van der Waals surface area contributed by atoms with Gasteiger partial charge in [-0.1, -0.05) is 48.5 Å². The Morgan fingerprint density at radius 1 is 0.969 bits per heavy atom. The molecular formula is C26H21N5O. The Hall–Kier alpha value is -4.19. The molecule has 0 saturated heterocycles. The molecule has 156 valence electrons. The Labute approximate surface area is 183 Å². The van der Waals surface area contributed by atoms with Crippen molar-refractivity contribution in [2.75, 3.05) is 0 Å². The van der Waals surface area contributed by atoms with Crippen LogP contribution in [0, 0.1) is 6.92 Å². The first-order chi connectivity index (χ1) is 15.7. The molecule has 6 aromatic rings. The van der Waals surface area contributed by atoms with Gasteiger partial charge in [-0.2, -0.15) is 5.10 Å². The minimum atomic E-state index is -0.0499. The second-order valence-electron chi connectivity index (χ2n) is 8.04. The topological polar surface area (TPSA) is 68.0 Å². The number of para-hydroxylation sites is 1. The molecule has 0 aliphatic carbocycles. The monoisotopic (exact) mass is 419 g/mol. The smallest absolute Gasteiger partial charge is 0.261 e. The molecule has 0 unspecified atom stereocenters. The fourth-order valence-electron chi connectivity index (χ4n) is 4.51. The van der Waals surface area contributed by atoms with Crippen LogP contribution in [0.4, 0.5) is 0 Å². The highest BCUT2D eigenvalue weighted by molar-refractivity contribution is 5.86. The summed E-state index contributed by atoms with van der Waals surface area (Å²) < 4.78 is 3.55. The second-order valence-corrected chi connectivity index (χ2v) is 8.04.